The van der Waals surface area contributed by atoms with Gasteiger partial charge in [-0.3, -0.25) is 0 Å². The van der Waals surface area contributed by atoms with Gasteiger partial charge < -0.3 is 4.74 Å². The zero-order valence-corrected chi connectivity index (χ0v) is 11.3. The minimum Gasteiger partial charge on any atom is -0.465 e. The summed E-state index contributed by atoms with van der Waals surface area (Å²) in [4.78, 5) is 15.7. The summed E-state index contributed by atoms with van der Waals surface area (Å²) in [6.07, 6.45) is 0. The number of ether oxygens (including phenoxy) is 1. The first-order valence-electron chi connectivity index (χ1n) is 5.71. The average molecular weight is 264 g/mol. The molecule has 1 heterocycles. The first kappa shape index (κ1) is 12.8. The number of carbonyl (C=O) groups excluding carboxylic acids is 1. The van der Waals surface area contributed by atoms with Crippen LogP contribution in [0.5, 0.6) is 0 Å². The SMILES string of the molecule is COC(=O)c1ccc2c(C(C)C)cc(Cl)nc2c1. The number of methoxy groups -OCH3 is 1. The van der Waals surface area contributed by atoms with Gasteiger partial charge in [0, 0.05) is 5.39 Å². The molecule has 0 N–H and O–H groups in total. The second kappa shape index (κ2) is 4.94. The average Bonchev–Trinajstić information content (AvgIpc) is 2.35. The molecule has 0 atom stereocenters. The molecule has 0 radical (unpaired) electrons. The molecule has 0 saturated carbocycles. The first-order valence-corrected chi connectivity index (χ1v) is 6.09. The van der Waals surface area contributed by atoms with Crippen LogP contribution in [-0.2, 0) is 4.74 Å². The van der Waals surface area contributed by atoms with Crippen LogP contribution in [0, 0.1) is 0 Å². The Bertz CT molecular complexity index is 608. The van der Waals surface area contributed by atoms with E-state index in [2.05, 4.69) is 18.8 Å². The number of halogens is 1. The molecule has 0 spiro atoms. The van der Waals surface area contributed by atoms with Crippen molar-refractivity contribution < 1.29 is 9.53 Å². The quantitative estimate of drug-likeness (QED) is 0.611. The van der Waals surface area contributed by atoms with Crippen LogP contribution < -0.4 is 0 Å². The molecule has 0 bridgehead atoms. The Morgan fingerprint density at radius 1 is 1.33 bits per heavy atom. The summed E-state index contributed by atoms with van der Waals surface area (Å²) in [5.74, 6) is -0.0262. The molecule has 4 heteroatoms. The third kappa shape index (κ3) is 2.31. The van der Waals surface area contributed by atoms with Crippen molar-refractivity contribution in [2.45, 2.75) is 19.8 Å². The number of esters is 1. The van der Waals surface area contributed by atoms with E-state index in [1.807, 2.05) is 12.1 Å². The lowest BCUT2D eigenvalue weighted by atomic mass is 9.98. The Kier molecular flexibility index (Phi) is 3.53. The van der Waals surface area contributed by atoms with Crippen LogP contribution in [0.1, 0.15) is 35.7 Å². The normalized spacial score (nSPS) is 10.9. The fourth-order valence-corrected chi connectivity index (χ4v) is 2.15. The molecule has 94 valence electrons. The Morgan fingerprint density at radius 2 is 2.06 bits per heavy atom. The highest BCUT2D eigenvalue weighted by molar-refractivity contribution is 6.30. The molecule has 0 saturated heterocycles. The van der Waals surface area contributed by atoms with Gasteiger partial charge in [-0.25, -0.2) is 9.78 Å². The highest BCUT2D eigenvalue weighted by Gasteiger charge is 2.11. The number of aromatic nitrogens is 1. The zero-order valence-electron chi connectivity index (χ0n) is 10.5. The Labute approximate surface area is 111 Å². The number of rotatable bonds is 2. The van der Waals surface area contributed by atoms with Gasteiger partial charge in [-0.2, -0.15) is 0 Å². The lowest BCUT2D eigenvalue weighted by Gasteiger charge is -2.11. The van der Waals surface area contributed by atoms with Crippen molar-refractivity contribution >= 4 is 28.5 Å². The van der Waals surface area contributed by atoms with Crippen molar-refractivity contribution in [2.24, 2.45) is 0 Å². The second-order valence-corrected chi connectivity index (χ2v) is 4.80. The summed E-state index contributed by atoms with van der Waals surface area (Å²) in [6, 6.07) is 7.21. The summed E-state index contributed by atoms with van der Waals surface area (Å²) < 4.78 is 4.69. The van der Waals surface area contributed by atoms with Gasteiger partial charge in [0.25, 0.3) is 0 Å². The van der Waals surface area contributed by atoms with Crippen molar-refractivity contribution in [1.29, 1.82) is 0 Å². The predicted octanol–water partition coefficient (Wildman–Crippen LogP) is 3.80. The highest BCUT2D eigenvalue weighted by Crippen LogP contribution is 2.27. The van der Waals surface area contributed by atoms with Crippen molar-refractivity contribution in [3.8, 4) is 0 Å². The molecule has 0 unspecified atom stereocenters. The van der Waals surface area contributed by atoms with Crippen molar-refractivity contribution in [3.63, 3.8) is 0 Å². The predicted molar refractivity (Wildman–Crippen MR) is 72.2 cm³/mol. The van der Waals surface area contributed by atoms with E-state index in [4.69, 9.17) is 16.3 Å². The molecule has 1 aromatic carbocycles. The number of pyridine rings is 1. The fourth-order valence-electron chi connectivity index (χ4n) is 1.94. The van der Waals surface area contributed by atoms with Crippen molar-refractivity contribution in [2.75, 3.05) is 7.11 Å². The van der Waals surface area contributed by atoms with E-state index in [1.165, 1.54) is 7.11 Å². The lowest BCUT2D eigenvalue weighted by Crippen LogP contribution is -2.01. The number of fused-ring (bicyclic) bond motifs is 1. The van der Waals surface area contributed by atoms with Gasteiger partial charge in [-0.15, -0.1) is 0 Å². The van der Waals surface area contributed by atoms with Gasteiger partial charge in [0.15, 0.2) is 0 Å². The van der Waals surface area contributed by atoms with E-state index in [0.29, 0.717) is 22.2 Å². The Hall–Kier alpha value is -1.61. The van der Waals surface area contributed by atoms with E-state index >= 15 is 0 Å². The molecular formula is C14H14ClNO2. The standard InChI is InChI=1S/C14H14ClNO2/c1-8(2)11-7-13(15)16-12-6-9(14(17)18-3)4-5-10(11)12/h4-8H,1-3H3. The van der Waals surface area contributed by atoms with Gasteiger partial charge in [0.2, 0.25) is 0 Å². The maximum atomic E-state index is 11.5. The van der Waals surface area contributed by atoms with E-state index in [-0.39, 0.29) is 5.97 Å². The first-order chi connectivity index (χ1) is 8.52. The van der Waals surface area contributed by atoms with Gasteiger partial charge in [0.1, 0.15) is 5.15 Å². The molecule has 0 amide bonds. The minimum absolute atomic E-state index is 0.344. The van der Waals surface area contributed by atoms with Gasteiger partial charge in [0.05, 0.1) is 18.2 Å². The van der Waals surface area contributed by atoms with E-state index in [9.17, 15) is 4.79 Å². The number of nitrogens with zero attached hydrogens (tertiary/aromatic N) is 1. The van der Waals surface area contributed by atoms with E-state index in [0.717, 1.165) is 10.9 Å². The summed E-state index contributed by atoms with van der Waals surface area (Å²) in [5, 5.41) is 1.45. The van der Waals surface area contributed by atoms with Crippen LogP contribution in [0.4, 0.5) is 0 Å². The van der Waals surface area contributed by atoms with Crippen LogP contribution in [0.3, 0.4) is 0 Å². The largest absolute Gasteiger partial charge is 0.465 e. The number of hydrogen-bond donors (Lipinski definition) is 0. The van der Waals surface area contributed by atoms with E-state index < -0.39 is 0 Å². The minimum atomic E-state index is -0.371. The monoisotopic (exact) mass is 263 g/mol. The maximum absolute atomic E-state index is 11.5. The van der Waals surface area contributed by atoms with Crippen molar-refractivity contribution in [1.82, 2.24) is 4.98 Å². The van der Waals surface area contributed by atoms with Crippen LogP contribution in [0.15, 0.2) is 24.3 Å². The Morgan fingerprint density at radius 3 is 2.67 bits per heavy atom. The topological polar surface area (TPSA) is 39.2 Å². The lowest BCUT2D eigenvalue weighted by molar-refractivity contribution is 0.0601. The smallest absolute Gasteiger partial charge is 0.337 e. The third-order valence-electron chi connectivity index (χ3n) is 2.85. The van der Waals surface area contributed by atoms with Crippen molar-refractivity contribution in [3.05, 3.63) is 40.5 Å². The van der Waals surface area contributed by atoms with Crippen LogP contribution >= 0.6 is 11.6 Å². The van der Waals surface area contributed by atoms with Gasteiger partial charge in [-0.05, 0) is 29.7 Å². The second-order valence-electron chi connectivity index (χ2n) is 4.41. The molecule has 2 aromatic rings. The van der Waals surface area contributed by atoms with Gasteiger partial charge in [-0.1, -0.05) is 31.5 Å². The van der Waals surface area contributed by atoms with Crippen LogP contribution in [-0.4, -0.2) is 18.1 Å². The summed E-state index contributed by atoms with van der Waals surface area (Å²) in [5.41, 5.74) is 2.32. The molecule has 0 aliphatic rings. The summed E-state index contributed by atoms with van der Waals surface area (Å²) >= 11 is 6.01. The molecule has 0 aliphatic heterocycles. The van der Waals surface area contributed by atoms with Crippen LogP contribution in [0.25, 0.3) is 10.9 Å². The Balaban J connectivity index is 2.67. The molecule has 0 fully saturated rings. The maximum Gasteiger partial charge on any atom is 0.337 e. The molecule has 0 aliphatic carbocycles. The third-order valence-corrected chi connectivity index (χ3v) is 3.05. The van der Waals surface area contributed by atoms with Crippen LogP contribution in [0.2, 0.25) is 5.15 Å². The number of carbonyl (C=O) groups is 1. The summed E-state index contributed by atoms with van der Waals surface area (Å²) in [7, 11) is 1.36. The van der Waals surface area contributed by atoms with Gasteiger partial charge >= 0.3 is 5.97 Å². The molecule has 18 heavy (non-hydrogen) atoms. The number of benzene rings is 1. The van der Waals surface area contributed by atoms with E-state index in [1.54, 1.807) is 12.1 Å². The zero-order chi connectivity index (χ0) is 13.3. The molecule has 2 rings (SSSR count). The highest BCUT2D eigenvalue weighted by atomic mass is 35.5. The molecule has 1 aromatic heterocycles. The number of hydrogen-bond acceptors (Lipinski definition) is 3. The fraction of sp³-hybridized carbons (Fsp3) is 0.286. The molecule has 3 nitrogen and oxygen atoms in total. The molecular weight excluding hydrogens is 250 g/mol. The summed E-state index contributed by atoms with van der Waals surface area (Å²) in [6.45, 7) is 4.19.